The average Bonchev–Trinajstić information content (AvgIpc) is 2.88. The molecular weight excluding hydrogens is 460 g/mol. The number of hydrogen-bond donors (Lipinski definition) is 1. The number of nitro groups is 1. The number of nitro benzene ring substituents is 1. The van der Waals surface area contributed by atoms with Gasteiger partial charge in [-0.3, -0.25) is 19.8 Å². The van der Waals surface area contributed by atoms with E-state index in [4.69, 9.17) is 4.74 Å². The molecule has 3 aromatic rings. The van der Waals surface area contributed by atoms with Crippen LogP contribution in [-0.4, -0.2) is 54.5 Å². The second-order valence-corrected chi connectivity index (χ2v) is 8.68. The van der Waals surface area contributed by atoms with Crippen molar-refractivity contribution in [3.63, 3.8) is 0 Å². The Labute approximate surface area is 209 Å². The number of hydrogen-bond acceptors (Lipinski definition) is 7. The van der Waals surface area contributed by atoms with E-state index in [9.17, 15) is 19.7 Å². The Morgan fingerprint density at radius 1 is 0.972 bits per heavy atom. The van der Waals surface area contributed by atoms with Crippen LogP contribution in [0.1, 0.15) is 21.5 Å². The quantitative estimate of drug-likeness (QED) is 0.290. The van der Waals surface area contributed by atoms with Crippen LogP contribution in [0.2, 0.25) is 0 Å². The first-order chi connectivity index (χ1) is 17.4. The molecule has 0 aliphatic carbocycles. The van der Waals surface area contributed by atoms with Crippen LogP contribution in [-0.2, 0) is 16.1 Å². The van der Waals surface area contributed by atoms with Crippen LogP contribution in [0.5, 0.6) is 0 Å². The number of piperazine rings is 1. The van der Waals surface area contributed by atoms with Crippen molar-refractivity contribution in [2.45, 2.75) is 13.5 Å². The van der Waals surface area contributed by atoms with Gasteiger partial charge >= 0.3 is 5.97 Å². The second kappa shape index (κ2) is 11.5. The molecule has 9 nitrogen and oxygen atoms in total. The van der Waals surface area contributed by atoms with E-state index in [1.54, 1.807) is 0 Å². The third-order valence-corrected chi connectivity index (χ3v) is 6.10. The highest BCUT2D eigenvalue weighted by atomic mass is 16.6. The lowest BCUT2D eigenvalue weighted by Gasteiger charge is -2.36. The Balaban J connectivity index is 1.22. The first-order valence-corrected chi connectivity index (χ1v) is 11.7. The molecule has 0 bridgehead atoms. The molecule has 186 valence electrons. The van der Waals surface area contributed by atoms with Gasteiger partial charge in [0.15, 0.2) is 6.61 Å². The van der Waals surface area contributed by atoms with E-state index < -0.39 is 23.4 Å². The molecule has 0 unspecified atom stereocenters. The monoisotopic (exact) mass is 488 g/mol. The van der Waals surface area contributed by atoms with Gasteiger partial charge in [0.05, 0.1) is 10.5 Å². The van der Waals surface area contributed by atoms with E-state index >= 15 is 0 Å². The van der Waals surface area contributed by atoms with Gasteiger partial charge in [-0.15, -0.1) is 0 Å². The number of nitrogens with one attached hydrogen (secondary N) is 1. The minimum atomic E-state index is -0.718. The maximum absolute atomic E-state index is 12.2. The lowest BCUT2D eigenvalue weighted by atomic mass is 10.1. The largest absolute Gasteiger partial charge is 0.452 e. The zero-order chi connectivity index (χ0) is 25.5. The number of anilines is 2. The molecule has 0 aromatic heterocycles. The third-order valence-electron chi connectivity index (χ3n) is 6.10. The molecule has 1 N–H and O–H groups in total. The van der Waals surface area contributed by atoms with Gasteiger partial charge in [-0.1, -0.05) is 30.3 Å². The molecule has 0 radical (unpaired) electrons. The van der Waals surface area contributed by atoms with Crippen LogP contribution in [0.3, 0.4) is 0 Å². The van der Waals surface area contributed by atoms with Gasteiger partial charge in [-0.2, -0.15) is 0 Å². The number of amides is 1. The zero-order valence-electron chi connectivity index (χ0n) is 20.1. The van der Waals surface area contributed by atoms with Gasteiger partial charge in [0.25, 0.3) is 11.6 Å². The first-order valence-electron chi connectivity index (χ1n) is 11.7. The molecule has 36 heavy (non-hydrogen) atoms. The summed E-state index contributed by atoms with van der Waals surface area (Å²) in [5, 5.41) is 13.6. The van der Waals surface area contributed by atoms with Gasteiger partial charge in [0.1, 0.15) is 0 Å². The maximum atomic E-state index is 12.2. The number of carbonyl (C=O) groups is 2. The van der Waals surface area contributed by atoms with Crippen molar-refractivity contribution in [2.75, 3.05) is 43.0 Å². The van der Waals surface area contributed by atoms with Gasteiger partial charge in [0, 0.05) is 55.7 Å². The van der Waals surface area contributed by atoms with Crippen molar-refractivity contribution < 1.29 is 19.2 Å². The lowest BCUT2D eigenvalue weighted by Crippen LogP contribution is -2.45. The molecule has 1 aliphatic heterocycles. The van der Waals surface area contributed by atoms with Gasteiger partial charge in [0.2, 0.25) is 0 Å². The summed E-state index contributed by atoms with van der Waals surface area (Å²) in [6.07, 6.45) is 0. The van der Waals surface area contributed by atoms with Crippen LogP contribution in [0.25, 0.3) is 0 Å². The molecule has 1 fully saturated rings. The number of ether oxygens (including phenoxy) is 1. The standard InChI is InChI=1S/C27H28N4O5/c1-20-17-22(7-12-25(20)31(34)35)27(33)36-19-26(32)28-23-8-10-24(11-9-23)30-15-13-29(14-16-30)18-21-5-3-2-4-6-21/h2-12,17H,13-16,18-19H2,1H3,(H,28,32). The average molecular weight is 489 g/mol. The van der Waals surface area contributed by atoms with Crippen LogP contribution < -0.4 is 10.2 Å². The number of benzene rings is 3. The minimum absolute atomic E-state index is 0.0817. The molecule has 3 aromatic carbocycles. The van der Waals surface area contributed by atoms with E-state index in [-0.39, 0.29) is 11.3 Å². The smallest absolute Gasteiger partial charge is 0.338 e. The number of carbonyl (C=O) groups excluding carboxylic acids is 2. The van der Waals surface area contributed by atoms with Crippen LogP contribution in [0, 0.1) is 17.0 Å². The van der Waals surface area contributed by atoms with Crippen molar-refractivity contribution in [1.82, 2.24) is 4.90 Å². The second-order valence-electron chi connectivity index (χ2n) is 8.68. The van der Waals surface area contributed by atoms with Crippen molar-refractivity contribution in [2.24, 2.45) is 0 Å². The highest BCUT2D eigenvalue weighted by Crippen LogP contribution is 2.21. The fourth-order valence-electron chi connectivity index (χ4n) is 4.16. The molecule has 0 saturated carbocycles. The number of aryl methyl sites for hydroxylation is 1. The molecule has 9 heteroatoms. The summed E-state index contributed by atoms with van der Waals surface area (Å²) in [7, 11) is 0. The van der Waals surface area contributed by atoms with Gasteiger partial charge < -0.3 is 15.0 Å². The van der Waals surface area contributed by atoms with E-state index in [1.165, 1.54) is 30.7 Å². The summed E-state index contributed by atoms with van der Waals surface area (Å²) in [5.74, 6) is -1.19. The molecule has 1 amide bonds. The third kappa shape index (κ3) is 6.45. The fraction of sp³-hybridized carbons (Fsp3) is 0.259. The molecule has 0 atom stereocenters. The predicted molar refractivity (Wildman–Crippen MR) is 137 cm³/mol. The van der Waals surface area contributed by atoms with Crippen LogP contribution >= 0.6 is 0 Å². The first kappa shape index (κ1) is 24.9. The van der Waals surface area contributed by atoms with E-state index in [0.717, 1.165) is 38.4 Å². The summed E-state index contributed by atoms with van der Waals surface area (Å²) in [6.45, 7) is 5.84. The normalized spacial score (nSPS) is 13.8. The Hall–Kier alpha value is -4.24. The Morgan fingerprint density at radius 3 is 2.31 bits per heavy atom. The summed E-state index contributed by atoms with van der Waals surface area (Å²) < 4.78 is 5.06. The molecule has 1 aliphatic rings. The van der Waals surface area contributed by atoms with Crippen LogP contribution in [0.15, 0.2) is 72.8 Å². The highest BCUT2D eigenvalue weighted by molar-refractivity contribution is 5.95. The molecule has 0 spiro atoms. The molecule has 1 heterocycles. The molecule has 4 rings (SSSR count). The van der Waals surface area contributed by atoms with Gasteiger partial charge in [-0.05, 0) is 48.9 Å². The van der Waals surface area contributed by atoms with Gasteiger partial charge in [-0.25, -0.2) is 4.79 Å². The van der Waals surface area contributed by atoms with Crippen molar-refractivity contribution in [3.05, 3.63) is 99.6 Å². The van der Waals surface area contributed by atoms with E-state index in [2.05, 4.69) is 39.4 Å². The van der Waals surface area contributed by atoms with Crippen LogP contribution in [0.4, 0.5) is 17.1 Å². The number of esters is 1. The highest BCUT2D eigenvalue weighted by Gasteiger charge is 2.18. The predicted octanol–water partition coefficient (Wildman–Crippen LogP) is 4.02. The maximum Gasteiger partial charge on any atom is 0.338 e. The summed E-state index contributed by atoms with van der Waals surface area (Å²) in [6, 6.07) is 22.0. The zero-order valence-corrected chi connectivity index (χ0v) is 20.1. The molecular formula is C27H28N4O5. The van der Waals surface area contributed by atoms with Crippen molar-refractivity contribution in [1.29, 1.82) is 0 Å². The Bertz CT molecular complexity index is 1220. The number of rotatable bonds is 8. The van der Waals surface area contributed by atoms with E-state index in [0.29, 0.717) is 11.3 Å². The van der Waals surface area contributed by atoms with Crippen molar-refractivity contribution >= 4 is 28.9 Å². The summed E-state index contributed by atoms with van der Waals surface area (Å²) in [4.78, 5) is 39.6. The summed E-state index contributed by atoms with van der Waals surface area (Å²) in [5.41, 5.74) is 3.43. The fourth-order valence-corrected chi connectivity index (χ4v) is 4.16. The lowest BCUT2D eigenvalue weighted by molar-refractivity contribution is -0.385. The Morgan fingerprint density at radius 2 is 1.67 bits per heavy atom. The summed E-state index contributed by atoms with van der Waals surface area (Å²) >= 11 is 0. The van der Waals surface area contributed by atoms with Crippen molar-refractivity contribution in [3.8, 4) is 0 Å². The number of nitrogens with zero attached hydrogens (tertiary/aromatic N) is 3. The van der Waals surface area contributed by atoms with E-state index in [1.807, 2.05) is 30.3 Å². The minimum Gasteiger partial charge on any atom is -0.452 e. The Kier molecular flexibility index (Phi) is 7.92. The topological polar surface area (TPSA) is 105 Å². The SMILES string of the molecule is Cc1cc(C(=O)OCC(=O)Nc2ccc(N3CCN(Cc4ccccc4)CC3)cc2)ccc1[N+](=O)[O-]. The molecule has 1 saturated heterocycles.